The molecule has 1 amide bonds. The average molecular weight is 432 g/mol. The van der Waals surface area contributed by atoms with Crippen molar-refractivity contribution in [3.8, 4) is 16.9 Å². The van der Waals surface area contributed by atoms with Crippen molar-refractivity contribution >= 4 is 17.2 Å². The van der Waals surface area contributed by atoms with Crippen LogP contribution >= 0.6 is 0 Å². The van der Waals surface area contributed by atoms with Gasteiger partial charge in [-0.25, -0.2) is 13.9 Å². The molecule has 0 unspecified atom stereocenters. The average Bonchev–Trinajstić information content (AvgIpc) is 3.47. The summed E-state index contributed by atoms with van der Waals surface area (Å²) in [6.07, 6.45) is 4.16. The van der Waals surface area contributed by atoms with Gasteiger partial charge >= 0.3 is 0 Å². The maximum atomic E-state index is 14.3. The Morgan fingerprint density at radius 1 is 1.16 bits per heavy atom. The molecule has 5 rings (SSSR count). The van der Waals surface area contributed by atoms with Crippen molar-refractivity contribution in [1.82, 2.24) is 14.6 Å². The van der Waals surface area contributed by atoms with Gasteiger partial charge in [-0.15, -0.1) is 0 Å². The van der Waals surface area contributed by atoms with Gasteiger partial charge in [0.25, 0.3) is 0 Å². The maximum Gasteiger partial charge on any atom is 0.228 e. The van der Waals surface area contributed by atoms with Crippen LogP contribution in [-0.2, 0) is 16.0 Å². The van der Waals surface area contributed by atoms with Gasteiger partial charge in [0, 0.05) is 24.4 Å². The van der Waals surface area contributed by atoms with E-state index in [1.807, 2.05) is 42.6 Å². The fourth-order valence-electron chi connectivity index (χ4n) is 3.66. The standard InChI is InChI=1S/C24H21FN4O3/c25-21-13-19(5-6-22(21)32-20-8-10-31-14-20)28-24(30)11-16-1-3-17(4-2-16)18-7-9-29-23(12-18)26-15-27-29/h1-7,9,12-13,15,20H,8,10-11,14H2,(H,28,30)/t20-/m0/s1. The van der Waals surface area contributed by atoms with Gasteiger partial charge in [-0.05, 0) is 41.0 Å². The van der Waals surface area contributed by atoms with Crippen molar-refractivity contribution in [2.75, 3.05) is 18.5 Å². The second kappa shape index (κ2) is 8.76. The third-order valence-electron chi connectivity index (χ3n) is 5.33. The number of hydrogen-bond acceptors (Lipinski definition) is 5. The first-order chi connectivity index (χ1) is 15.6. The minimum Gasteiger partial charge on any atom is -0.485 e. The molecule has 1 fully saturated rings. The largest absolute Gasteiger partial charge is 0.485 e. The molecule has 2 aromatic heterocycles. The van der Waals surface area contributed by atoms with Crippen molar-refractivity contribution in [1.29, 1.82) is 0 Å². The fraction of sp³-hybridized carbons (Fsp3) is 0.208. The van der Waals surface area contributed by atoms with Crippen LogP contribution in [-0.4, -0.2) is 39.8 Å². The molecule has 0 radical (unpaired) electrons. The first-order valence-corrected chi connectivity index (χ1v) is 10.4. The van der Waals surface area contributed by atoms with E-state index >= 15 is 0 Å². The number of anilines is 1. The van der Waals surface area contributed by atoms with Crippen LogP contribution in [0.15, 0.2) is 67.1 Å². The number of pyridine rings is 1. The highest BCUT2D eigenvalue weighted by molar-refractivity contribution is 5.92. The summed E-state index contributed by atoms with van der Waals surface area (Å²) < 4.78 is 26.9. The number of nitrogens with zero attached hydrogens (tertiary/aromatic N) is 3. The van der Waals surface area contributed by atoms with Crippen LogP contribution in [0.3, 0.4) is 0 Å². The number of rotatable bonds is 6. The zero-order valence-electron chi connectivity index (χ0n) is 17.2. The molecule has 3 heterocycles. The summed E-state index contributed by atoms with van der Waals surface area (Å²) in [4.78, 5) is 16.6. The van der Waals surface area contributed by atoms with E-state index < -0.39 is 5.82 Å². The Bertz CT molecular complexity index is 1250. The van der Waals surface area contributed by atoms with Crippen molar-refractivity contribution < 1.29 is 18.7 Å². The molecule has 0 aliphatic carbocycles. The van der Waals surface area contributed by atoms with E-state index in [0.29, 0.717) is 18.9 Å². The summed E-state index contributed by atoms with van der Waals surface area (Å²) in [5.74, 6) is -0.568. The Hall–Kier alpha value is -3.78. The number of carbonyl (C=O) groups is 1. The van der Waals surface area contributed by atoms with E-state index in [1.54, 1.807) is 10.6 Å². The van der Waals surface area contributed by atoms with Gasteiger partial charge in [0.1, 0.15) is 12.4 Å². The van der Waals surface area contributed by atoms with Gasteiger partial charge in [0.15, 0.2) is 17.2 Å². The zero-order valence-corrected chi connectivity index (χ0v) is 17.2. The van der Waals surface area contributed by atoms with Gasteiger partial charge in [0.2, 0.25) is 5.91 Å². The quantitative estimate of drug-likeness (QED) is 0.500. The van der Waals surface area contributed by atoms with Gasteiger partial charge in [-0.2, -0.15) is 5.10 Å². The molecular weight excluding hydrogens is 411 g/mol. The highest BCUT2D eigenvalue weighted by atomic mass is 19.1. The van der Waals surface area contributed by atoms with E-state index in [9.17, 15) is 9.18 Å². The summed E-state index contributed by atoms with van der Waals surface area (Å²) in [5.41, 5.74) is 4.05. The lowest BCUT2D eigenvalue weighted by Gasteiger charge is -2.13. The lowest BCUT2D eigenvalue weighted by Crippen LogP contribution is -2.17. The number of halogens is 1. The summed E-state index contributed by atoms with van der Waals surface area (Å²) in [5, 5.41) is 6.83. The van der Waals surface area contributed by atoms with Crippen LogP contribution in [0.4, 0.5) is 10.1 Å². The summed E-state index contributed by atoms with van der Waals surface area (Å²) in [6.45, 7) is 1.09. The molecule has 1 saturated heterocycles. The molecule has 0 saturated carbocycles. The second-order valence-electron chi connectivity index (χ2n) is 7.65. The summed E-state index contributed by atoms with van der Waals surface area (Å²) >= 11 is 0. The lowest BCUT2D eigenvalue weighted by molar-refractivity contribution is -0.115. The molecule has 1 aliphatic heterocycles. The Labute approximate surface area is 183 Å². The summed E-state index contributed by atoms with van der Waals surface area (Å²) in [6, 6.07) is 16.1. The van der Waals surface area contributed by atoms with Gasteiger partial charge in [0.05, 0.1) is 19.6 Å². The van der Waals surface area contributed by atoms with Crippen LogP contribution in [0, 0.1) is 5.82 Å². The Morgan fingerprint density at radius 3 is 2.81 bits per heavy atom. The number of aromatic nitrogens is 3. The van der Waals surface area contributed by atoms with Crippen LogP contribution in [0.2, 0.25) is 0 Å². The van der Waals surface area contributed by atoms with E-state index in [0.717, 1.165) is 28.8 Å². The third-order valence-corrected chi connectivity index (χ3v) is 5.33. The zero-order chi connectivity index (χ0) is 21.9. The number of nitrogens with one attached hydrogen (secondary N) is 1. The van der Waals surface area contributed by atoms with Crippen LogP contribution in [0.1, 0.15) is 12.0 Å². The van der Waals surface area contributed by atoms with E-state index in [4.69, 9.17) is 9.47 Å². The Balaban J connectivity index is 1.20. The fourth-order valence-corrected chi connectivity index (χ4v) is 3.66. The third kappa shape index (κ3) is 4.45. The Kier molecular flexibility index (Phi) is 5.51. The first kappa shape index (κ1) is 20.1. The van der Waals surface area contributed by atoms with Gasteiger partial charge < -0.3 is 14.8 Å². The highest BCUT2D eigenvalue weighted by Crippen LogP contribution is 2.25. The van der Waals surface area contributed by atoms with Gasteiger partial charge in [-0.3, -0.25) is 4.79 Å². The normalized spacial score (nSPS) is 15.7. The minimum absolute atomic E-state index is 0.133. The number of amides is 1. The number of hydrogen-bond donors (Lipinski definition) is 1. The molecule has 162 valence electrons. The van der Waals surface area contributed by atoms with Crippen molar-refractivity contribution in [3.05, 3.63) is 78.5 Å². The SMILES string of the molecule is O=C(Cc1ccc(-c2ccn3ncnc3c2)cc1)Nc1ccc(O[C@H]2CCOC2)c(F)c1. The van der Waals surface area contributed by atoms with Crippen molar-refractivity contribution in [2.24, 2.45) is 0 Å². The molecule has 0 bridgehead atoms. The maximum absolute atomic E-state index is 14.3. The molecule has 0 spiro atoms. The molecule has 7 nitrogen and oxygen atoms in total. The molecule has 1 atom stereocenters. The monoisotopic (exact) mass is 432 g/mol. The number of ether oxygens (including phenoxy) is 2. The molecule has 8 heteroatoms. The van der Waals surface area contributed by atoms with Crippen LogP contribution in [0.5, 0.6) is 5.75 Å². The highest BCUT2D eigenvalue weighted by Gasteiger charge is 2.19. The molecule has 2 aromatic carbocycles. The Morgan fingerprint density at radius 2 is 2.03 bits per heavy atom. The number of fused-ring (bicyclic) bond motifs is 1. The molecule has 1 N–H and O–H groups in total. The second-order valence-corrected chi connectivity index (χ2v) is 7.65. The molecule has 1 aliphatic rings. The molecule has 32 heavy (non-hydrogen) atoms. The van der Waals surface area contributed by atoms with Crippen LogP contribution < -0.4 is 10.1 Å². The van der Waals surface area contributed by atoms with Crippen molar-refractivity contribution in [3.63, 3.8) is 0 Å². The molecular formula is C24H21FN4O3. The number of benzene rings is 2. The summed E-state index contributed by atoms with van der Waals surface area (Å²) in [7, 11) is 0. The minimum atomic E-state index is -0.510. The smallest absolute Gasteiger partial charge is 0.228 e. The lowest BCUT2D eigenvalue weighted by atomic mass is 10.0. The van der Waals surface area contributed by atoms with E-state index in [-0.39, 0.29) is 24.2 Å². The van der Waals surface area contributed by atoms with E-state index in [1.165, 1.54) is 18.5 Å². The predicted molar refractivity (Wildman–Crippen MR) is 117 cm³/mol. The van der Waals surface area contributed by atoms with Crippen LogP contribution in [0.25, 0.3) is 16.8 Å². The predicted octanol–water partition coefficient (Wildman–Crippen LogP) is 3.88. The topological polar surface area (TPSA) is 77.8 Å². The number of carbonyl (C=O) groups excluding carboxylic acids is 1. The first-order valence-electron chi connectivity index (χ1n) is 10.4. The van der Waals surface area contributed by atoms with Gasteiger partial charge in [-0.1, -0.05) is 24.3 Å². The van der Waals surface area contributed by atoms with Crippen molar-refractivity contribution in [2.45, 2.75) is 18.9 Å². The molecule has 4 aromatic rings. The van der Waals surface area contributed by atoms with E-state index in [2.05, 4.69) is 15.4 Å².